The molecule has 0 aromatic heterocycles. The van der Waals surface area contributed by atoms with E-state index in [-0.39, 0.29) is 16.4 Å². The summed E-state index contributed by atoms with van der Waals surface area (Å²) in [6.07, 6.45) is 1.13. The molecule has 3 aliphatic carbocycles. The SMILES string of the molecule is CC(C)(C)[Si](C)(C)Oc1ccc2c(c1)CC[C@H]1[C@@H]3[C@@H](O)[C@@H](O)[C@H](O)[C@@]3(C)CC[C@H]21. The van der Waals surface area contributed by atoms with E-state index in [4.69, 9.17) is 4.43 Å². The van der Waals surface area contributed by atoms with Crippen molar-refractivity contribution >= 4 is 8.32 Å². The van der Waals surface area contributed by atoms with Gasteiger partial charge in [0.25, 0.3) is 0 Å². The molecule has 0 aliphatic heterocycles. The molecule has 0 unspecified atom stereocenters. The maximum absolute atomic E-state index is 10.7. The molecular weight excluding hydrogens is 380 g/mol. The number of aliphatic hydroxyl groups excluding tert-OH is 3. The number of benzene rings is 1. The zero-order chi connectivity index (χ0) is 21.4. The molecule has 2 fully saturated rings. The fourth-order valence-electron chi connectivity index (χ4n) is 6.12. The van der Waals surface area contributed by atoms with E-state index in [2.05, 4.69) is 59.0 Å². The first kappa shape index (κ1) is 21.4. The smallest absolute Gasteiger partial charge is 0.250 e. The maximum atomic E-state index is 10.7. The summed E-state index contributed by atoms with van der Waals surface area (Å²) in [7, 11) is -1.87. The second-order valence-corrected chi connectivity index (χ2v) is 16.3. The Labute approximate surface area is 176 Å². The van der Waals surface area contributed by atoms with Gasteiger partial charge in [-0.25, -0.2) is 0 Å². The van der Waals surface area contributed by atoms with Gasteiger partial charge in [-0.15, -0.1) is 0 Å². The summed E-state index contributed by atoms with van der Waals surface area (Å²) in [4.78, 5) is 0. The second-order valence-electron chi connectivity index (χ2n) is 11.5. The van der Waals surface area contributed by atoms with Gasteiger partial charge in [0.05, 0.1) is 12.2 Å². The first-order valence-electron chi connectivity index (χ1n) is 11.2. The van der Waals surface area contributed by atoms with Crippen molar-refractivity contribution in [2.45, 2.75) is 95.7 Å². The molecule has 4 rings (SSSR count). The van der Waals surface area contributed by atoms with Gasteiger partial charge in [0.1, 0.15) is 11.9 Å². The highest BCUT2D eigenvalue weighted by atomic mass is 28.4. The minimum Gasteiger partial charge on any atom is -0.543 e. The van der Waals surface area contributed by atoms with Crippen molar-refractivity contribution in [3.05, 3.63) is 29.3 Å². The van der Waals surface area contributed by atoms with Crippen LogP contribution in [0.15, 0.2) is 18.2 Å². The zero-order valence-corrected chi connectivity index (χ0v) is 19.8. The third-order valence-corrected chi connectivity index (χ3v) is 13.2. The summed E-state index contributed by atoms with van der Waals surface area (Å²) in [5.74, 6) is 1.66. The van der Waals surface area contributed by atoms with Crippen LogP contribution in [0, 0.1) is 17.3 Å². The van der Waals surface area contributed by atoms with Gasteiger partial charge in [0, 0.05) is 5.41 Å². The van der Waals surface area contributed by atoms with Crippen LogP contribution >= 0.6 is 0 Å². The number of hydrogen-bond donors (Lipinski definition) is 3. The summed E-state index contributed by atoms with van der Waals surface area (Å²) in [6.45, 7) is 13.4. The molecular formula is C24H38O4Si. The Hall–Kier alpha value is -0.883. The molecule has 29 heavy (non-hydrogen) atoms. The molecule has 5 heteroatoms. The van der Waals surface area contributed by atoms with Crippen molar-refractivity contribution in [2.24, 2.45) is 17.3 Å². The van der Waals surface area contributed by atoms with Gasteiger partial charge in [-0.05, 0) is 84.8 Å². The maximum Gasteiger partial charge on any atom is 0.250 e. The Morgan fingerprint density at radius 1 is 1.07 bits per heavy atom. The quantitative estimate of drug-likeness (QED) is 0.629. The molecule has 0 heterocycles. The van der Waals surface area contributed by atoms with E-state index in [1.54, 1.807) is 0 Å². The van der Waals surface area contributed by atoms with E-state index in [1.165, 1.54) is 11.1 Å². The van der Waals surface area contributed by atoms with E-state index in [1.807, 2.05) is 0 Å². The van der Waals surface area contributed by atoms with Crippen molar-refractivity contribution in [2.75, 3.05) is 0 Å². The third-order valence-electron chi connectivity index (χ3n) is 8.89. The summed E-state index contributed by atoms with van der Waals surface area (Å²) in [5, 5.41) is 31.8. The lowest BCUT2D eigenvalue weighted by atomic mass is 9.55. The molecule has 0 spiro atoms. The van der Waals surface area contributed by atoms with Crippen LogP contribution in [0.5, 0.6) is 5.75 Å². The van der Waals surface area contributed by atoms with E-state index in [0.717, 1.165) is 31.4 Å². The van der Waals surface area contributed by atoms with Crippen LogP contribution in [-0.2, 0) is 6.42 Å². The highest BCUT2D eigenvalue weighted by Crippen LogP contribution is 2.61. The fourth-order valence-corrected chi connectivity index (χ4v) is 7.15. The van der Waals surface area contributed by atoms with Gasteiger partial charge in [0.2, 0.25) is 8.32 Å². The molecule has 4 nitrogen and oxygen atoms in total. The van der Waals surface area contributed by atoms with Gasteiger partial charge in [-0.2, -0.15) is 0 Å². The van der Waals surface area contributed by atoms with Gasteiger partial charge in [-0.3, -0.25) is 0 Å². The van der Waals surface area contributed by atoms with Gasteiger partial charge in [0.15, 0.2) is 0 Å². The molecule has 3 N–H and O–H groups in total. The van der Waals surface area contributed by atoms with Crippen LogP contribution in [-0.4, -0.2) is 41.9 Å². The predicted octanol–water partition coefficient (Wildman–Crippen LogP) is 4.23. The first-order chi connectivity index (χ1) is 13.4. The molecule has 2 saturated carbocycles. The van der Waals surface area contributed by atoms with Crippen LogP contribution in [0.4, 0.5) is 0 Å². The topological polar surface area (TPSA) is 69.9 Å². The average Bonchev–Trinajstić information content (AvgIpc) is 2.80. The first-order valence-corrected chi connectivity index (χ1v) is 14.1. The molecule has 162 valence electrons. The monoisotopic (exact) mass is 418 g/mol. The number of hydrogen-bond acceptors (Lipinski definition) is 4. The van der Waals surface area contributed by atoms with E-state index in [9.17, 15) is 15.3 Å². The molecule has 0 bridgehead atoms. The standard InChI is InChI=1S/C24H38O4Si/c1-23(2,3)29(5,6)28-15-8-10-16-14(13-15)7-9-18-17(16)11-12-24(4)19(18)20(25)21(26)22(24)27/h8,10,13,17-22,25-27H,7,9,11-12H2,1-6H3/t17-,18-,19-,20-,21-,22+,24+/m1/s1. The normalized spacial score (nSPS) is 39.5. The van der Waals surface area contributed by atoms with Gasteiger partial charge in [-0.1, -0.05) is 33.8 Å². The lowest BCUT2D eigenvalue weighted by Gasteiger charge is -2.50. The average molecular weight is 419 g/mol. The number of fused-ring (bicyclic) bond motifs is 5. The lowest BCUT2D eigenvalue weighted by molar-refractivity contribution is -0.0505. The Bertz CT molecular complexity index is 786. The summed E-state index contributed by atoms with van der Waals surface area (Å²) in [6, 6.07) is 6.62. The van der Waals surface area contributed by atoms with Gasteiger partial charge < -0.3 is 19.7 Å². The molecule has 0 amide bonds. The lowest BCUT2D eigenvalue weighted by Crippen LogP contribution is -2.46. The van der Waals surface area contributed by atoms with Crippen molar-refractivity contribution in [1.29, 1.82) is 0 Å². The van der Waals surface area contributed by atoms with E-state index in [0.29, 0.717) is 11.8 Å². The van der Waals surface area contributed by atoms with Crippen LogP contribution in [0.3, 0.4) is 0 Å². The molecule has 7 atom stereocenters. The van der Waals surface area contributed by atoms with Crippen LogP contribution < -0.4 is 4.43 Å². The predicted molar refractivity (Wildman–Crippen MR) is 118 cm³/mol. The zero-order valence-electron chi connectivity index (χ0n) is 18.8. The van der Waals surface area contributed by atoms with Crippen molar-refractivity contribution < 1.29 is 19.7 Å². The highest BCUT2D eigenvalue weighted by Gasteiger charge is 2.62. The fraction of sp³-hybridized carbons (Fsp3) is 0.750. The molecule has 0 saturated heterocycles. The minimum absolute atomic E-state index is 0.0393. The van der Waals surface area contributed by atoms with Crippen LogP contribution in [0.2, 0.25) is 18.1 Å². The largest absolute Gasteiger partial charge is 0.543 e. The number of rotatable bonds is 2. The Morgan fingerprint density at radius 3 is 2.41 bits per heavy atom. The number of aliphatic hydroxyl groups is 3. The molecule has 3 aliphatic rings. The third kappa shape index (κ3) is 3.20. The van der Waals surface area contributed by atoms with Crippen LogP contribution in [0.1, 0.15) is 64.0 Å². The minimum atomic E-state index is -1.87. The second kappa shape index (κ2) is 6.81. The summed E-state index contributed by atoms with van der Waals surface area (Å²) < 4.78 is 6.53. The molecule has 1 aromatic rings. The van der Waals surface area contributed by atoms with Crippen molar-refractivity contribution in [1.82, 2.24) is 0 Å². The summed E-state index contributed by atoms with van der Waals surface area (Å²) >= 11 is 0. The summed E-state index contributed by atoms with van der Waals surface area (Å²) in [5.41, 5.74) is 2.37. The van der Waals surface area contributed by atoms with E-state index >= 15 is 0 Å². The number of aryl methyl sites for hydroxylation is 1. The Morgan fingerprint density at radius 2 is 1.76 bits per heavy atom. The molecule has 0 radical (unpaired) electrons. The Balaban J connectivity index is 1.61. The molecule has 1 aromatic carbocycles. The van der Waals surface area contributed by atoms with Crippen LogP contribution in [0.25, 0.3) is 0 Å². The van der Waals surface area contributed by atoms with Crippen molar-refractivity contribution in [3.63, 3.8) is 0 Å². The van der Waals surface area contributed by atoms with Crippen molar-refractivity contribution in [3.8, 4) is 5.75 Å². The Kier molecular flexibility index (Phi) is 5.01. The highest BCUT2D eigenvalue weighted by molar-refractivity contribution is 6.74. The van der Waals surface area contributed by atoms with E-state index < -0.39 is 26.6 Å². The van der Waals surface area contributed by atoms with Gasteiger partial charge >= 0.3 is 0 Å².